The van der Waals surface area contributed by atoms with Crippen molar-refractivity contribution in [2.75, 3.05) is 13.2 Å². The molecule has 0 saturated carbocycles. The number of fused-ring (bicyclic) bond motifs is 1. The molecule has 0 atom stereocenters. The third kappa shape index (κ3) is 3.48. The van der Waals surface area contributed by atoms with E-state index in [4.69, 9.17) is 15.3 Å². The summed E-state index contributed by atoms with van der Waals surface area (Å²) in [5.41, 5.74) is 6.33. The van der Waals surface area contributed by atoms with E-state index in [2.05, 4.69) is 10.1 Å². The monoisotopic (exact) mass is 278 g/mol. The van der Waals surface area contributed by atoms with Crippen LogP contribution in [0.4, 0.5) is 4.79 Å². The predicted octanol–water partition coefficient (Wildman–Crippen LogP) is 1.32. The Labute approximate surface area is 114 Å². The van der Waals surface area contributed by atoms with Crippen molar-refractivity contribution in [3.8, 4) is 0 Å². The van der Waals surface area contributed by atoms with Gasteiger partial charge in [0.15, 0.2) is 0 Å². The molecule has 7 heteroatoms. The van der Waals surface area contributed by atoms with Crippen molar-refractivity contribution >= 4 is 23.0 Å². The lowest BCUT2D eigenvalue weighted by Crippen LogP contribution is -2.23. The number of hydrogen-bond acceptors (Lipinski definition) is 5. The quantitative estimate of drug-likeness (QED) is 0.686. The first kappa shape index (κ1) is 13.9. The molecule has 0 bridgehead atoms. The van der Waals surface area contributed by atoms with E-state index in [0.29, 0.717) is 18.7 Å². The summed E-state index contributed by atoms with van der Waals surface area (Å²) in [6.07, 6.45) is -0.798. The van der Waals surface area contributed by atoms with E-state index < -0.39 is 12.1 Å². The van der Waals surface area contributed by atoms with Crippen molar-refractivity contribution in [2.24, 2.45) is 5.73 Å². The van der Waals surface area contributed by atoms with Gasteiger partial charge in [-0.2, -0.15) is 0 Å². The Morgan fingerprint density at radius 2 is 2.15 bits per heavy atom. The molecular formula is C13H14N2O5. The fraction of sp³-hybridized carbons (Fsp3) is 0.231. The van der Waals surface area contributed by atoms with Gasteiger partial charge in [0, 0.05) is 18.5 Å². The molecule has 0 aliphatic rings. The second-order valence-electron chi connectivity index (χ2n) is 4.13. The maximum atomic E-state index is 10.8. The Bertz CT molecular complexity index is 635. The van der Waals surface area contributed by atoms with Gasteiger partial charge in [-0.3, -0.25) is 0 Å². The number of carbonyl (C=O) groups excluding carboxylic acids is 1. The maximum Gasteiger partial charge on any atom is 0.404 e. The van der Waals surface area contributed by atoms with Crippen molar-refractivity contribution in [2.45, 2.75) is 6.54 Å². The molecule has 2 aromatic rings. The van der Waals surface area contributed by atoms with Crippen LogP contribution in [-0.4, -0.2) is 30.3 Å². The second kappa shape index (κ2) is 6.07. The van der Waals surface area contributed by atoms with Crippen LogP contribution in [0.25, 0.3) is 11.0 Å². The standard InChI is InChI=1S/C13H14N2O5/c14-13(18)19-4-3-15-7-8-1-2-10-9(5-8)6-11(20-10)12(16)17/h1-2,5-6,15H,3-4,7H2,(H2,14,18)(H,16,17). The van der Waals surface area contributed by atoms with Gasteiger partial charge >= 0.3 is 12.1 Å². The topological polar surface area (TPSA) is 115 Å². The van der Waals surface area contributed by atoms with E-state index in [-0.39, 0.29) is 12.4 Å². The van der Waals surface area contributed by atoms with Crippen LogP contribution in [-0.2, 0) is 11.3 Å². The summed E-state index contributed by atoms with van der Waals surface area (Å²) in [7, 11) is 0. The van der Waals surface area contributed by atoms with Gasteiger partial charge in [0.2, 0.25) is 5.76 Å². The predicted molar refractivity (Wildman–Crippen MR) is 70.4 cm³/mol. The number of carbonyl (C=O) groups is 2. The molecule has 1 aromatic heterocycles. The van der Waals surface area contributed by atoms with Crippen LogP contribution in [0.3, 0.4) is 0 Å². The largest absolute Gasteiger partial charge is 0.475 e. The smallest absolute Gasteiger partial charge is 0.404 e. The fourth-order valence-electron chi connectivity index (χ4n) is 1.76. The van der Waals surface area contributed by atoms with Crippen molar-refractivity contribution in [1.82, 2.24) is 5.32 Å². The molecule has 0 spiro atoms. The number of primary amides is 1. The zero-order chi connectivity index (χ0) is 14.5. The van der Waals surface area contributed by atoms with Crippen molar-refractivity contribution in [3.63, 3.8) is 0 Å². The fourth-order valence-corrected chi connectivity index (χ4v) is 1.76. The number of hydrogen-bond donors (Lipinski definition) is 3. The molecule has 0 aliphatic carbocycles. The van der Waals surface area contributed by atoms with E-state index in [1.807, 2.05) is 12.1 Å². The third-order valence-corrected chi connectivity index (χ3v) is 2.64. The number of nitrogens with one attached hydrogen (secondary N) is 1. The van der Waals surface area contributed by atoms with Crippen LogP contribution >= 0.6 is 0 Å². The van der Waals surface area contributed by atoms with Crippen molar-refractivity contribution < 1.29 is 23.8 Å². The summed E-state index contributed by atoms with van der Waals surface area (Å²) in [5, 5.41) is 12.6. The lowest BCUT2D eigenvalue weighted by molar-refractivity contribution is 0.0665. The normalized spacial score (nSPS) is 10.6. The summed E-state index contributed by atoms with van der Waals surface area (Å²) in [6, 6.07) is 6.88. The SMILES string of the molecule is NC(=O)OCCNCc1ccc2oc(C(=O)O)cc2c1. The number of benzene rings is 1. The first-order valence-electron chi connectivity index (χ1n) is 5.95. The number of amides is 1. The minimum atomic E-state index is -1.09. The molecule has 1 amide bonds. The van der Waals surface area contributed by atoms with Crippen LogP contribution < -0.4 is 11.1 Å². The lowest BCUT2D eigenvalue weighted by Gasteiger charge is -2.04. The van der Waals surface area contributed by atoms with Crippen LogP contribution in [0.1, 0.15) is 16.1 Å². The van der Waals surface area contributed by atoms with Crippen LogP contribution in [0.15, 0.2) is 28.7 Å². The Morgan fingerprint density at radius 3 is 2.85 bits per heavy atom. The summed E-state index contributed by atoms with van der Waals surface area (Å²) in [4.78, 5) is 21.1. The molecule has 1 aromatic carbocycles. The summed E-state index contributed by atoms with van der Waals surface area (Å²) < 4.78 is 9.74. The third-order valence-electron chi connectivity index (χ3n) is 2.64. The molecule has 20 heavy (non-hydrogen) atoms. The summed E-state index contributed by atoms with van der Waals surface area (Å²) in [6.45, 7) is 1.24. The molecule has 2 rings (SSSR count). The second-order valence-corrected chi connectivity index (χ2v) is 4.13. The Kier molecular flexibility index (Phi) is 4.21. The van der Waals surface area contributed by atoms with Crippen LogP contribution in [0.2, 0.25) is 0 Å². The highest BCUT2D eigenvalue weighted by Crippen LogP contribution is 2.20. The van der Waals surface area contributed by atoms with Gasteiger partial charge in [-0.05, 0) is 23.8 Å². The molecular weight excluding hydrogens is 264 g/mol. The zero-order valence-corrected chi connectivity index (χ0v) is 10.6. The van der Waals surface area contributed by atoms with E-state index >= 15 is 0 Å². The van der Waals surface area contributed by atoms with Gasteiger partial charge in [0.1, 0.15) is 12.2 Å². The number of nitrogens with two attached hydrogens (primary N) is 1. The number of rotatable bonds is 6. The van der Waals surface area contributed by atoms with Gasteiger partial charge < -0.3 is 25.3 Å². The Hall–Kier alpha value is -2.54. The number of ether oxygens (including phenoxy) is 1. The molecule has 0 aliphatic heterocycles. The molecule has 7 nitrogen and oxygen atoms in total. The van der Waals surface area contributed by atoms with Gasteiger partial charge in [-0.1, -0.05) is 6.07 Å². The average Bonchev–Trinajstić information content (AvgIpc) is 2.81. The molecule has 1 heterocycles. The van der Waals surface area contributed by atoms with E-state index in [1.54, 1.807) is 6.07 Å². The van der Waals surface area contributed by atoms with Gasteiger partial charge in [-0.25, -0.2) is 9.59 Å². The van der Waals surface area contributed by atoms with Crippen LogP contribution in [0.5, 0.6) is 0 Å². The number of carboxylic acid groups (broad SMARTS) is 1. The minimum absolute atomic E-state index is 0.0834. The summed E-state index contributed by atoms with van der Waals surface area (Å²) in [5.74, 6) is -1.18. The van der Waals surface area contributed by atoms with E-state index in [1.165, 1.54) is 6.07 Å². The first-order valence-corrected chi connectivity index (χ1v) is 5.95. The van der Waals surface area contributed by atoms with E-state index in [0.717, 1.165) is 10.9 Å². The highest BCUT2D eigenvalue weighted by atomic mass is 16.5. The molecule has 4 N–H and O–H groups in total. The van der Waals surface area contributed by atoms with Gasteiger partial charge in [0.05, 0.1) is 0 Å². The molecule has 0 fully saturated rings. The number of carboxylic acids is 1. The van der Waals surface area contributed by atoms with Gasteiger partial charge in [0.25, 0.3) is 0 Å². The molecule has 0 unspecified atom stereocenters. The van der Waals surface area contributed by atoms with Crippen molar-refractivity contribution in [3.05, 3.63) is 35.6 Å². The van der Waals surface area contributed by atoms with E-state index in [9.17, 15) is 9.59 Å². The first-order chi connectivity index (χ1) is 9.56. The van der Waals surface area contributed by atoms with Gasteiger partial charge in [-0.15, -0.1) is 0 Å². The lowest BCUT2D eigenvalue weighted by atomic mass is 10.1. The number of aromatic carboxylic acids is 1. The van der Waals surface area contributed by atoms with Crippen LogP contribution in [0, 0.1) is 0 Å². The summed E-state index contributed by atoms with van der Waals surface area (Å²) >= 11 is 0. The zero-order valence-electron chi connectivity index (χ0n) is 10.6. The molecule has 0 saturated heterocycles. The number of furan rings is 1. The maximum absolute atomic E-state index is 10.8. The Balaban J connectivity index is 1.94. The molecule has 0 radical (unpaired) electrons. The minimum Gasteiger partial charge on any atom is -0.475 e. The highest BCUT2D eigenvalue weighted by molar-refractivity contribution is 5.91. The Morgan fingerprint density at radius 1 is 1.35 bits per heavy atom. The highest BCUT2D eigenvalue weighted by Gasteiger charge is 2.10. The van der Waals surface area contributed by atoms with Crippen molar-refractivity contribution in [1.29, 1.82) is 0 Å². The average molecular weight is 278 g/mol. The molecule has 106 valence electrons.